The van der Waals surface area contributed by atoms with Gasteiger partial charge in [-0.3, -0.25) is 15.0 Å². The van der Waals surface area contributed by atoms with Gasteiger partial charge in [0, 0.05) is 37.5 Å². The maximum atomic E-state index is 11.5. The first-order valence-electron chi connectivity index (χ1n) is 7.09. The van der Waals surface area contributed by atoms with Gasteiger partial charge in [-0.15, -0.1) is 11.3 Å². The van der Waals surface area contributed by atoms with Gasteiger partial charge in [0.1, 0.15) is 0 Å². The van der Waals surface area contributed by atoms with Crippen LogP contribution in [-0.4, -0.2) is 42.6 Å². The smallest absolute Gasteiger partial charge is 0.318 e. The fraction of sp³-hybridized carbons (Fsp3) is 0.571. The second-order valence-electron chi connectivity index (χ2n) is 5.11. The average Bonchev–Trinajstić information content (AvgIpc) is 3.08. The molecule has 1 fully saturated rings. The van der Waals surface area contributed by atoms with E-state index in [1.54, 1.807) is 11.3 Å². The van der Waals surface area contributed by atoms with Crippen molar-refractivity contribution in [2.24, 2.45) is 5.73 Å². The van der Waals surface area contributed by atoms with Crippen LogP contribution in [0.3, 0.4) is 0 Å². The zero-order valence-electron chi connectivity index (χ0n) is 11.9. The molecular formula is C14H21N3O3S. The van der Waals surface area contributed by atoms with E-state index in [1.165, 1.54) is 4.88 Å². The number of hydrogen-bond acceptors (Lipinski definition) is 5. The van der Waals surface area contributed by atoms with Crippen molar-refractivity contribution >= 4 is 23.3 Å². The van der Waals surface area contributed by atoms with Crippen molar-refractivity contribution in [3.05, 3.63) is 22.4 Å². The number of nitrogens with one attached hydrogen (secondary N) is 1. The summed E-state index contributed by atoms with van der Waals surface area (Å²) in [4.78, 5) is 25.6. The summed E-state index contributed by atoms with van der Waals surface area (Å²) in [6.45, 7) is 3.00. The van der Waals surface area contributed by atoms with Crippen LogP contribution in [0.5, 0.6) is 0 Å². The van der Waals surface area contributed by atoms with Gasteiger partial charge in [0.15, 0.2) is 0 Å². The Bertz CT molecular complexity index is 458. The van der Waals surface area contributed by atoms with Crippen molar-refractivity contribution in [1.82, 2.24) is 10.2 Å². The van der Waals surface area contributed by atoms with Gasteiger partial charge in [-0.1, -0.05) is 6.07 Å². The van der Waals surface area contributed by atoms with Gasteiger partial charge in [-0.05, 0) is 24.3 Å². The number of thiophene rings is 1. The number of urea groups is 1. The highest BCUT2D eigenvalue weighted by molar-refractivity contribution is 7.09. The number of imide groups is 1. The molecule has 1 aromatic heterocycles. The van der Waals surface area contributed by atoms with Crippen LogP contribution in [0.25, 0.3) is 0 Å². The summed E-state index contributed by atoms with van der Waals surface area (Å²) >= 11 is 1.70. The van der Waals surface area contributed by atoms with Crippen molar-refractivity contribution in [3.63, 3.8) is 0 Å². The minimum absolute atomic E-state index is 0.240. The zero-order valence-corrected chi connectivity index (χ0v) is 12.7. The summed E-state index contributed by atoms with van der Waals surface area (Å²) < 4.78 is 5.66. The third-order valence-electron chi connectivity index (χ3n) is 3.36. The number of nitrogens with zero attached hydrogens (tertiary/aromatic N) is 1. The Labute approximate surface area is 128 Å². The normalized spacial score (nSPS) is 18.0. The number of rotatable bonds is 7. The maximum Gasteiger partial charge on any atom is 0.318 e. The molecule has 0 spiro atoms. The first-order valence-corrected chi connectivity index (χ1v) is 7.97. The molecule has 3 amide bonds. The lowest BCUT2D eigenvalue weighted by molar-refractivity contribution is -0.120. The highest BCUT2D eigenvalue weighted by Crippen LogP contribution is 2.17. The molecule has 2 heterocycles. The molecule has 7 heteroatoms. The van der Waals surface area contributed by atoms with Gasteiger partial charge in [0.25, 0.3) is 0 Å². The van der Waals surface area contributed by atoms with E-state index in [4.69, 9.17) is 10.5 Å². The number of nitrogens with two attached hydrogens (primary N) is 1. The van der Waals surface area contributed by atoms with E-state index in [9.17, 15) is 9.59 Å². The Morgan fingerprint density at radius 2 is 2.38 bits per heavy atom. The van der Waals surface area contributed by atoms with E-state index in [1.807, 2.05) is 11.4 Å². The van der Waals surface area contributed by atoms with E-state index in [0.29, 0.717) is 6.54 Å². The Hall–Kier alpha value is -1.44. The fourth-order valence-electron chi connectivity index (χ4n) is 2.39. The molecule has 116 valence electrons. The first-order chi connectivity index (χ1) is 10.1. The fourth-order valence-corrected chi connectivity index (χ4v) is 3.14. The zero-order chi connectivity index (χ0) is 15.1. The summed E-state index contributed by atoms with van der Waals surface area (Å²) in [5.74, 6) is -0.342. The molecule has 3 N–H and O–H groups in total. The van der Waals surface area contributed by atoms with E-state index >= 15 is 0 Å². The number of hydrogen-bond donors (Lipinski definition) is 2. The topological polar surface area (TPSA) is 84.7 Å². The van der Waals surface area contributed by atoms with Gasteiger partial charge >= 0.3 is 6.03 Å². The second-order valence-corrected chi connectivity index (χ2v) is 6.14. The van der Waals surface area contributed by atoms with E-state index in [0.717, 1.165) is 32.5 Å². The molecule has 1 saturated heterocycles. The molecule has 21 heavy (non-hydrogen) atoms. The summed E-state index contributed by atoms with van der Waals surface area (Å²) in [6.07, 6.45) is 2.65. The van der Waals surface area contributed by atoms with Crippen LogP contribution in [0, 0.1) is 0 Å². The Morgan fingerprint density at radius 1 is 1.52 bits per heavy atom. The van der Waals surface area contributed by atoms with Crippen molar-refractivity contribution in [2.45, 2.75) is 31.9 Å². The lowest BCUT2D eigenvalue weighted by atomic mass is 10.2. The van der Waals surface area contributed by atoms with Crippen LogP contribution in [0.4, 0.5) is 4.79 Å². The van der Waals surface area contributed by atoms with Gasteiger partial charge in [0.2, 0.25) is 5.91 Å². The monoisotopic (exact) mass is 311 g/mol. The molecular weight excluding hydrogens is 290 g/mol. The summed E-state index contributed by atoms with van der Waals surface area (Å²) in [5, 5.41) is 4.14. The third kappa shape index (κ3) is 5.82. The number of carbonyl (C=O) groups excluding carboxylic acids is 2. The van der Waals surface area contributed by atoms with E-state index < -0.39 is 6.03 Å². The van der Waals surface area contributed by atoms with Crippen LogP contribution >= 0.6 is 11.3 Å². The SMILES string of the molecule is NC(=O)NC(=O)CCN(Cc1cccs1)C[C@@H]1CCCO1. The van der Waals surface area contributed by atoms with Gasteiger partial charge in [-0.25, -0.2) is 4.79 Å². The largest absolute Gasteiger partial charge is 0.377 e. The summed E-state index contributed by atoms with van der Waals surface area (Å²) in [6, 6.07) is 3.30. The Morgan fingerprint density at radius 3 is 3.00 bits per heavy atom. The predicted octanol–water partition coefficient (Wildman–Crippen LogP) is 1.31. The molecule has 0 aromatic carbocycles. The van der Waals surface area contributed by atoms with Crippen molar-refractivity contribution in [1.29, 1.82) is 0 Å². The molecule has 0 aliphatic carbocycles. The van der Waals surface area contributed by atoms with Gasteiger partial charge < -0.3 is 10.5 Å². The molecule has 2 rings (SSSR count). The minimum Gasteiger partial charge on any atom is -0.377 e. The number of carbonyl (C=O) groups is 2. The number of ether oxygens (including phenoxy) is 1. The highest BCUT2D eigenvalue weighted by atomic mass is 32.1. The van der Waals surface area contributed by atoms with Gasteiger partial charge in [-0.2, -0.15) is 0 Å². The molecule has 0 radical (unpaired) electrons. The van der Waals surface area contributed by atoms with Crippen molar-refractivity contribution < 1.29 is 14.3 Å². The van der Waals surface area contributed by atoms with E-state index in [-0.39, 0.29) is 18.4 Å². The molecule has 0 unspecified atom stereocenters. The minimum atomic E-state index is -0.802. The standard InChI is InChI=1S/C14H21N3O3S/c15-14(19)16-13(18)5-6-17(9-11-3-1-7-20-11)10-12-4-2-8-21-12/h2,4,8,11H,1,3,5-7,9-10H2,(H3,15,16,18,19)/t11-/m0/s1. The maximum absolute atomic E-state index is 11.5. The number of primary amides is 1. The highest BCUT2D eigenvalue weighted by Gasteiger charge is 2.20. The molecule has 0 saturated carbocycles. The van der Waals surface area contributed by atoms with Crippen LogP contribution in [0.15, 0.2) is 17.5 Å². The average molecular weight is 311 g/mol. The lowest BCUT2D eigenvalue weighted by Crippen LogP contribution is -2.38. The van der Waals surface area contributed by atoms with Crippen molar-refractivity contribution in [3.8, 4) is 0 Å². The van der Waals surface area contributed by atoms with E-state index in [2.05, 4.69) is 16.3 Å². The Kier molecular flexibility index (Phi) is 6.16. The molecule has 1 atom stereocenters. The van der Waals surface area contributed by atoms with Crippen molar-refractivity contribution in [2.75, 3.05) is 19.7 Å². The molecule has 6 nitrogen and oxygen atoms in total. The predicted molar refractivity (Wildman–Crippen MR) is 80.9 cm³/mol. The van der Waals surface area contributed by atoms with Crippen LogP contribution in [0.2, 0.25) is 0 Å². The number of amides is 3. The molecule has 1 aliphatic heterocycles. The molecule has 1 aromatic rings. The second kappa shape index (κ2) is 8.11. The molecule has 0 bridgehead atoms. The molecule has 1 aliphatic rings. The van der Waals surface area contributed by atoms with Crippen LogP contribution < -0.4 is 11.1 Å². The quantitative estimate of drug-likeness (QED) is 0.795. The van der Waals surface area contributed by atoms with Crippen LogP contribution in [0.1, 0.15) is 24.1 Å². The van der Waals surface area contributed by atoms with Gasteiger partial charge in [0.05, 0.1) is 6.10 Å². The Balaban J connectivity index is 1.84. The summed E-state index contributed by atoms with van der Waals surface area (Å²) in [7, 11) is 0. The first kappa shape index (κ1) is 15.9. The summed E-state index contributed by atoms with van der Waals surface area (Å²) in [5.41, 5.74) is 4.94. The van der Waals surface area contributed by atoms with Crippen LogP contribution in [-0.2, 0) is 16.1 Å². The third-order valence-corrected chi connectivity index (χ3v) is 4.22. The lowest BCUT2D eigenvalue weighted by Gasteiger charge is -2.24.